The number of carboxylic acid groups (broad SMARTS) is 1. The lowest BCUT2D eigenvalue weighted by atomic mass is 10.2. The fraction of sp³-hybridized carbons (Fsp3) is 0. The minimum atomic E-state index is -1.11. The van der Waals surface area contributed by atoms with Crippen LogP contribution >= 0.6 is 11.3 Å². The molecule has 0 saturated carbocycles. The number of thiophene rings is 1. The Morgan fingerprint density at radius 1 is 1.11 bits per heavy atom. The molecule has 1 amide bonds. The summed E-state index contributed by atoms with van der Waals surface area (Å²) in [7, 11) is 0. The van der Waals surface area contributed by atoms with Gasteiger partial charge in [-0.05, 0) is 23.6 Å². The molecule has 0 saturated heterocycles. The lowest BCUT2D eigenvalue weighted by Crippen LogP contribution is -2.13. The SMILES string of the molecule is O=C(Nc1sccc1C(=O)O)c1ccccc1O. The van der Waals surface area contributed by atoms with Crippen molar-refractivity contribution < 1.29 is 19.8 Å². The summed E-state index contributed by atoms with van der Waals surface area (Å²) in [5.74, 6) is -1.80. The number of anilines is 1. The van der Waals surface area contributed by atoms with Crippen molar-refractivity contribution in [2.24, 2.45) is 0 Å². The highest BCUT2D eigenvalue weighted by molar-refractivity contribution is 7.14. The largest absolute Gasteiger partial charge is 0.507 e. The van der Waals surface area contributed by atoms with Crippen LogP contribution in [0.4, 0.5) is 5.00 Å². The summed E-state index contributed by atoms with van der Waals surface area (Å²) in [6, 6.07) is 7.47. The van der Waals surface area contributed by atoms with Crippen LogP contribution in [-0.4, -0.2) is 22.1 Å². The molecule has 1 aromatic carbocycles. The second-order valence-corrected chi connectivity index (χ2v) is 4.36. The molecule has 2 rings (SSSR count). The number of carbonyl (C=O) groups excluding carboxylic acids is 1. The number of rotatable bonds is 3. The lowest BCUT2D eigenvalue weighted by Gasteiger charge is -2.05. The Labute approximate surface area is 106 Å². The van der Waals surface area contributed by atoms with Crippen LogP contribution in [0.5, 0.6) is 5.75 Å². The Hall–Kier alpha value is -2.34. The van der Waals surface area contributed by atoms with Gasteiger partial charge in [0.15, 0.2) is 0 Å². The molecule has 0 aliphatic heterocycles. The number of hydrogen-bond donors (Lipinski definition) is 3. The number of phenols is 1. The monoisotopic (exact) mass is 263 g/mol. The Morgan fingerprint density at radius 2 is 1.83 bits per heavy atom. The molecule has 0 aliphatic carbocycles. The van der Waals surface area contributed by atoms with Crippen LogP contribution in [0.1, 0.15) is 20.7 Å². The van der Waals surface area contributed by atoms with Crippen molar-refractivity contribution in [1.29, 1.82) is 0 Å². The maximum atomic E-state index is 11.9. The molecule has 0 bridgehead atoms. The first-order valence-electron chi connectivity index (χ1n) is 4.99. The predicted octanol–water partition coefficient (Wildman–Crippen LogP) is 2.40. The minimum absolute atomic E-state index is 0.0313. The number of carboxylic acids is 1. The number of nitrogens with one attached hydrogen (secondary N) is 1. The molecule has 6 heteroatoms. The van der Waals surface area contributed by atoms with E-state index in [1.54, 1.807) is 17.5 Å². The molecular formula is C12H9NO4S. The van der Waals surface area contributed by atoms with Crippen molar-refractivity contribution in [2.75, 3.05) is 5.32 Å². The van der Waals surface area contributed by atoms with Crippen LogP contribution in [0.2, 0.25) is 0 Å². The van der Waals surface area contributed by atoms with Gasteiger partial charge in [-0.25, -0.2) is 4.79 Å². The van der Waals surface area contributed by atoms with E-state index in [2.05, 4.69) is 5.32 Å². The van der Waals surface area contributed by atoms with Gasteiger partial charge in [-0.2, -0.15) is 0 Å². The third kappa shape index (κ3) is 2.33. The summed E-state index contributed by atoms with van der Waals surface area (Å²) >= 11 is 1.11. The van der Waals surface area contributed by atoms with E-state index in [-0.39, 0.29) is 21.9 Å². The van der Waals surface area contributed by atoms with E-state index in [0.717, 1.165) is 11.3 Å². The molecule has 1 aromatic heterocycles. The lowest BCUT2D eigenvalue weighted by molar-refractivity contribution is 0.0698. The van der Waals surface area contributed by atoms with E-state index in [1.807, 2.05) is 0 Å². The number of para-hydroxylation sites is 1. The molecule has 0 atom stereocenters. The molecule has 0 spiro atoms. The molecular weight excluding hydrogens is 254 g/mol. The number of phenolic OH excluding ortho intramolecular Hbond substituents is 1. The minimum Gasteiger partial charge on any atom is -0.507 e. The van der Waals surface area contributed by atoms with E-state index in [4.69, 9.17) is 5.11 Å². The van der Waals surface area contributed by atoms with Crippen molar-refractivity contribution in [3.8, 4) is 5.75 Å². The standard InChI is InChI=1S/C12H9NO4S/c14-9-4-2-1-3-7(9)10(15)13-11-8(12(16)17)5-6-18-11/h1-6,14H,(H,13,15)(H,16,17). The van der Waals surface area contributed by atoms with Gasteiger partial charge in [0.25, 0.3) is 5.91 Å². The Morgan fingerprint density at radius 3 is 2.50 bits per heavy atom. The van der Waals surface area contributed by atoms with Gasteiger partial charge in [0.05, 0.1) is 11.1 Å². The van der Waals surface area contributed by atoms with Crippen molar-refractivity contribution in [3.63, 3.8) is 0 Å². The summed E-state index contributed by atoms with van der Waals surface area (Å²) in [4.78, 5) is 22.7. The van der Waals surface area contributed by atoms with Crippen LogP contribution in [0, 0.1) is 0 Å². The van der Waals surface area contributed by atoms with Gasteiger partial charge in [0.2, 0.25) is 0 Å². The summed E-state index contributed by atoms with van der Waals surface area (Å²) in [6.45, 7) is 0. The first kappa shape index (κ1) is 12.1. The highest BCUT2D eigenvalue weighted by Gasteiger charge is 2.16. The smallest absolute Gasteiger partial charge is 0.338 e. The number of benzene rings is 1. The van der Waals surface area contributed by atoms with Gasteiger partial charge in [0.1, 0.15) is 10.8 Å². The topological polar surface area (TPSA) is 86.6 Å². The molecule has 92 valence electrons. The molecule has 0 unspecified atom stereocenters. The van der Waals surface area contributed by atoms with Crippen LogP contribution in [-0.2, 0) is 0 Å². The zero-order valence-electron chi connectivity index (χ0n) is 9.08. The zero-order chi connectivity index (χ0) is 13.1. The molecule has 0 fully saturated rings. The first-order valence-corrected chi connectivity index (χ1v) is 5.87. The Kier molecular flexibility index (Phi) is 3.29. The first-order chi connectivity index (χ1) is 8.59. The van der Waals surface area contributed by atoms with Crippen molar-refractivity contribution in [1.82, 2.24) is 0 Å². The summed E-state index contributed by atoms with van der Waals surface area (Å²) < 4.78 is 0. The van der Waals surface area contributed by atoms with Crippen LogP contribution in [0.3, 0.4) is 0 Å². The van der Waals surface area contributed by atoms with E-state index < -0.39 is 11.9 Å². The quantitative estimate of drug-likeness (QED) is 0.793. The highest BCUT2D eigenvalue weighted by atomic mass is 32.1. The van der Waals surface area contributed by atoms with E-state index in [1.165, 1.54) is 18.2 Å². The van der Waals surface area contributed by atoms with Crippen LogP contribution < -0.4 is 5.32 Å². The second kappa shape index (κ2) is 4.89. The molecule has 3 N–H and O–H groups in total. The summed E-state index contributed by atoms with van der Waals surface area (Å²) in [5.41, 5.74) is 0.131. The highest BCUT2D eigenvalue weighted by Crippen LogP contribution is 2.25. The summed E-state index contributed by atoms with van der Waals surface area (Å²) in [6.07, 6.45) is 0. The van der Waals surface area contributed by atoms with Gasteiger partial charge in [-0.1, -0.05) is 12.1 Å². The van der Waals surface area contributed by atoms with Gasteiger partial charge in [-0.15, -0.1) is 11.3 Å². The van der Waals surface area contributed by atoms with Crippen molar-refractivity contribution >= 4 is 28.2 Å². The summed E-state index contributed by atoms with van der Waals surface area (Å²) in [5, 5.41) is 22.7. The van der Waals surface area contributed by atoms with E-state index >= 15 is 0 Å². The normalized spacial score (nSPS) is 10.0. The molecule has 0 aliphatic rings. The fourth-order valence-corrected chi connectivity index (χ4v) is 2.18. The number of carbonyl (C=O) groups is 2. The van der Waals surface area contributed by atoms with Crippen LogP contribution in [0.15, 0.2) is 35.7 Å². The van der Waals surface area contributed by atoms with Gasteiger partial charge in [-0.3, -0.25) is 4.79 Å². The van der Waals surface area contributed by atoms with Gasteiger partial charge >= 0.3 is 5.97 Å². The average Bonchev–Trinajstić information content (AvgIpc) is 2.77. The third-order valence-corrected chi connectivity index (χ3v) is 3.10. The van der Waals surface area contributed by atoms with E-state index in [0.29, 0.717) is 0 Å². The van der Waals surface area contributed by atoms with Gasteiger partial charge in [0, 0.05) is 0 Å². The number of aromatic carboxylic acids is 1. The molecule has 1 heterocycles. The third-order valence-electron chi connectivity index (χ3n) is 2.27. The number of hydrogen-bond acceptors (Lipinski definition) is 4. The number of amides is 1. The maximum Gasteiger partial charge on any atom is 0.338 e. The Balaban J connectivity index is 2.25. The van der Waals surface area contributed by atoms with Crippen molar-refractivity contribution in [3.05, 3.63) is 46.8 Å². The maximum absolute atomic E-state index is 11.9. The predicted molar refractivity (Wildman–Crippen MR) is 67.3 cm³/mol. The van der Waals surface area contributed by atoms with Crippen LogP contribution in [0.25, 0.3) is 0 Å². The Bertz CT molecular complexity index is 606. The second-order valence-electron chi connectivity index (χ2n) is 3.44. The van der Waals surface area contributed by atoms with E-state index in [9.17, 15) is 14.7 Å². The zero-order valence-corrected chi connectivity index (χ0v) is 9.90. The van der Waals surface area contributed by atoms with Gasteiger partial charge < -0.3 is 15.5 Å². The molecule has 5 nitrogen and oxygen atoms in total. The number of aromatic hydroxyl groups is 1. The molecule has 0 radical (unpaired) electrons. The fourth-order valence-electron chi connectivity index (χ4n) is 1.41. The average molecular weight is 263 g/mol. The van der Waals surface area contributed by atoms with Crippen molar-refractivity contribution in [2.45, 2.75) is 0 Å². The molecule has 18 heavy (non-hydrogen) atoms. The molecule has 2 aromatic rings.